The number of aromatic amines is 1. The standard InChI is InChI=1S/C21H27N3O2S/c1-14-18(20(26)23-21(22-14)27-3)11-12-19(25)24(15(2)17-9-10-17)13-16-7-5-4-6-8-16/h4-8,15,17H,9-13H2,1-3H3,(H,22,23,26). The van der Waals surface area contributed by atoms with E-state index in [-0.39, 0.29) is 17.5 Å². The van der Waals surface area contributed by atoms with Gasteiger partial charge < -0.3 is 9.88 Å². The van der Waals surface area contributed by atoms with Crippen molar-refractivity contribution in [3.05, 3.63) is 57.5 Å². The van der Waals surface area contributed by atoms with Crippen LogP contribution in [0.15, 0.2) is 40.3 Å². The zero-order valence-corrected chi connectivity index (χ0v) is 17.0. The fraction of sp³-hybridized carbons (Fsp3) is 0.476. The SMILES string of the molecule is CSc1nc(C)c(CCC(=O)N(Cc2ccccc2)C(C)C2CC2)c(=O)[nH]1. The molecule has 1 fully saturated rings. The molecule has 0 radical (unpaired) electrons. The molecule has 2 aromatic rings. The van der Waals surface area contributed by atoms with E-state index in [0.717, 1.165) is 5.56 Å². The van der Waals surface area contributed by atoms with E-state index in [0.29, 0.717) is 41.7 Å². The summed E-state index contributed by atoms with van der Waals surface area (Å²) in [7, 11) is 0. The number of benzene rings is 1. The monoisotopic (exact) mass is 385 g/mol. The van der Waals surface area contributed by atoms with E-state index in [1.807, 2.05) is 36.3 Å². The van der Waals surface area contributed by atoms with Gasteiger partial charge in [0, 0.05) is 30.3 Å². The average molecular weight is 386 g/mol. The first-order valence-electron chi connectivity index (χ1n) is 9.46. The number of aryl methyl sites for hydroxylation is 1. The molecular weight excluding hydrogens is 358 g/mol. The van der Waals surface area contributed by atoms with Gasteiger partial charge in [0.2, 0.25) is 5.91 Å². The molecule has 3 rings (SSSR count). The predicted molar refractivity (Wildman–Crippen MR) is 109 cm³/mol. The van der Waals surface area contributed by atoms with Crippen LogP contribution < -0.4 is 5.56 Å². The van der Waals surface area contributed by atoms with E-state index in [2.05, 4.69) is 29.0 Å². The first-order chi connectivity index (χ1) is 13.0. The number of hydrogen-bond donors (Lipinski definition) is 1. The van der Waals surface area contributed by atoms with Crippen LogP contribution in [0.4, 0.5) is 0 Å². The molecule has 0 bridgehead atoms. The number of hydrogen-bond acceptors (Lipinski definition) is 4. The Morgan fingerprint density at radius 1 is 1.33 bits per heavy atom. The largest absolute Gasteiger partial charge is 0.335 e. The number of aromatic nitrogens is 2. The number of nitrogens with one attached hydrogen (secondary N) is 1. The van der Waals surface area contributed by atoms with Gasteiger partial charge in [0.1, 0.15) is 0 Å². The highest BCUT2D eigenvalue weighted by molar-refractivity contribution is 7.98. The van der Waals surface area contributed by atoms with Crippen LogP contribution in [0.5, 0.6) is 0 Å². The number of carbonyl (C=O) groups excluding carboxylic acids is 1. The van der Waals surface area contributed by atoms with Crippen molar-refractivity contribution in [1.29, 1.82) is 0 Å². The van der Waals surface area contributed by atoms with Crippen molar-refractivity contribution in [1.82, 2.24) is 14.9 Å². The third-order valence-electron chi connectivity index (χ3n) is 5.29. The van der Waals surface area contributed by atoms with Crippen LogP contribution in [0, 0.1) is 12.8 Å². The molecule has 1 heterocycles. The summed E-state index contributed by atoms with van der Waals surface area (Å²) in [5.41, 5.74) is 2.32. The lowest BCUT2D eigenvalue weighted by Crippen LogP contribution is -2.39. The molecule has 1 saturated carbocycles. The lowest BCUT2D eigenvalue weighted by Gasteiger charge is -2.30. The van der Waals surface area contributed by atoms with Crippen LogP contribution >= 0.6 is 11.8 Å². The van der Waals surface area contributed by atoms with Gasteiger partial charge in [-0.3, -0.25) is 9.59 Å². The van der Waals surface area contributed by atoms with E-state index < -0.39 is 0 Å². The molecule has 1 aromatic carbocycles. The highest BCUT2D eigenvalue weighted by Crippen LogP contribution is 2.36. The second-order valence-corrected chi connectivity index (χ2v) is 8.02. The summed E-state index contributed by atoms with van der Waals surface area (Å²) in [6.45, 7) is 4.60. The van der Waals surface area contributed by atoms with Crippen molar-refractivity contribution in [2.24, 2.45) is 5.92 Å². The third kappa shape index (κ3) is 5.01. The fourth-order valence-corrected chi connectivity index (χ4v) is 3.85. The van der Waals surface area contributed by atoms with Crippen molar-refractivity contribution in [2.45, 2.75) is 57.3 Å². The molecule has 1 aliphatic carbocycles. The summed E-state index contributed by atoms with van der Waals surface area (Å²) >= 11 is 1.41. The normalized spacial score (nSPS) is 14.8. The quantitative estimate of drug-likeness (QED) is 0.557. The number of carbonyl (C=O) groups is 1. The van der Waals surface area contributed by atoms with Gasteiger partial charge in [0.25, 0.3) is 5.56 Å². The van der Waals surface area contributed by atoms with E-state index in [1.165, 1.54) is 24.6 Å². The molecule has 1 unspecified atom stereocenters. The number of thioether (sulfide) groups is 1. The number of H-pyrrole nitrogens is 1. The highest BCUT2D eigenvalue weighted by atomic mass is 32.2. The third-order valence-corrected chi connectivity index (χ3v) is 5.87. The van der Waals surface area contributed by atoms with Crippen LogP contribution in [0.2, 0.25) is 0 Å². The molecule has 5 nitrogen and oxygen atoms in total. The Morgan fingerprint density at radius 2 is 2.04 bits per heavy atom. The predicted octanol–water partition coefficient (Wildman–Crippen LogP) is 3.56. The van der Waals surface area contributed by atoms with E-state index in [4.69, 9.17) is 0 Å². The van der Waals surface area contributed by atoms with Crippen molar-refractivity contribution < 1.29 is 4.79 Å². The Hall–Kier alpha value is -2.08. The maximum atomic E-state index is 13.0. The first-order valence-corrected chi connectivity index (χ1v) is 10.7. The molecule has 1 amide bonds. The van der Waals surface area contributed by atoms with Crippen molar-refractivity contribution in [2.75, 3.05) is 6.26 Å². The highest BCUT2D eigenvalue weighted by Gasteiger charge is 2.34. The number of rotatable bonds is 8. The second-order valence-electron chi connectivity index (χ2n) is 7.22. The smallest absolute Gasteiger partial charge is 0.254 e. The molecule has 1 aromatic heterocycles. The minimum Gasteiger partial charge on any atom is -0.335 e. The van der Waals surface area contributed by atoms with Crippen LogP contribution in [-0.2, 0) is 17.8 Å². The van der Waals surface area contributed by atoms with E-state index >= 15 is 0 Å². The van der Waals surface area contributed by atoms with E-state index in [9.17, 15) is 9.59 Å². The van der Waals surface area contributed by atoms with E-state index in [1.54, 1.807) is 0 Å². The van der Waals surface area contributed by atoms with Gasteiger partial charge in [0.15, 0.2) is 5.16 Å². The van der Waals surface area contributed by atoms with Gasteiger partial charge in [-0.05, 0) is 50.8 Å². The summed E-state index contributed by atoms with van der Waals surface area (Å²) in [5.74, 6) is 0.705. The van der Waals surface area contributed by atoms with Crippen LogP contribution in [-0.4, -0.2) is 33.1 Å². The fourth-order valence-electron chi connectivity index (χ4n) is 3.42. The van der Waals surface area contributed by atoms with Gasteiger partial charge in [-0.1, -0.05) is 42.1 Å². The summed E-state index contributed by atoms with van der Waals surface area (Å²) < 4.78 is 0. The van der Waals surface area contributed by atoms with Gasteiger partial charge in [0.05, 0.1) is 0 Å². The first kappa shape index (κ1) is 19.7. The molecule has 1 atom stereocenters. The molecule has 144 valence electrons. The van der Waals surface area contributed by atoms with Gasteiger partial charge >= 0.3 is 0 Å². The van der Waals surface area contributed by atoms with Gasteiger partial charge in [-0.2, -0.15) is 0 Å². The molecule has 6 heteroatoms. The summed E-state index contributed by atoms with van der Waals surface area (Å²) in [6.07, 6.45) is 5.01. The summed E-state index contributed by atoms with van der Waals surface area (Å²) in [6, 6.07) is 10.3. The molecule has 1 aliphatic rings. The molecule has 0 saturated heterocycles. The molecule has 0 spiro atoms. The van der Waals surface area contributed by atoms with Crippen molar-refractivity contribution in [3.63, 3.8) is 0 Å². The van der Waals surface area contributed by atoms with Crippen LogP contribution in [0.25, 0.3) is 0 Å². The summed E-state index contributed by atoms with van der Waals surface area (Å²) in [4.78, 5) is 34.5. The zero-order valence-electron chi connectivity index (χ0n) is 16.2. The topological polar surface area (TPSA) is 66.1 Å². The molecule has 0 aliphatic heterocycles. The molecule has 1 N–H and O–H groups in total. The Labute approximate surface area is 164 Å². The maximum absolute atomic E-state index is 13.0. The molecule has 27 heavy (non-hydrogen) atoms. The lowest BCUT2D eigenvalue weighted by atomic mass is 10.1. The Balaban J connectivity index is 1.72. The maximum Gasteiger partial charge on any atom is 0.254 e. The minimum absolute atomic E-state index is 0.103. The zero-order chi connectivity index (χ0) is 19.4. The van der Waals surface area contributed by atoms with Gasteiger partial charge in [-0.15, -0.1) is 0 Å². The second kappa shape index (κ2) is 8.74. The van der Waals surface area contributed by atoms with Crippen LogP contribution in [0.1, 0.15) is 43.0 Å². The average Bonchev–Trinajstić information content (AvgIpc) is 3.50. The van der Waals surface area contributed by atoms with Gasteiger partial charge in [-0.25, -0.2) is 4.98 Å². The number of amides is 1. The minimum atomic E-state index is -0.135. The molecular formula is C21H27N3O2S. The lowest BCUT2D eigenvalue weighted by molar-refractivity contribution is -0.134. The Bertz CT molecular complexity index is 846. The summed E-state index contributed by atoms with van der Waals surface area (Å²) in [5, 5.41) is 0.612. The number of nitrogens with zero attached hydrogens (tertiary/aromatic N) is 2. The van der Waals surface area contributed by atoms with Crippen molar-refractivity contribution in [3.8, 4) is 0 Å². The van der Waals surface area contributed by atoms with Crippen molar-refractivity contribution >= 4 is 17.7 Å². The Kier molecular flexibility index (Phi) is 6.37. The van der Waals surface area contributed by atoms with Crippen LogP contribution in [0.3, 0.4) is 0 Å². The Morgan fingerprint density at radius 3 is 2.63 bits per heavy atom.